The Morgan fingerprint density at radius 1 is 1.44 bits per heavy atom. The van der Waals surface area contributed by atoms with E-state index in [1.54, 1.807) is 0 Å². The van der Waals surface area contributed by atoms with Gasteiger partial charge in [-0.15, -0.1) is 0 Å². The number of rotatable bonds is 4. The van der Waals surface area contributed by atoms with E-state index in [4.69, 9.17) is 10.7 Å². The summed E-state index contributed by atoms with van der Waals surface area (Å²) in [6.45, 7) is 4.14. The van der Waals surface area contributed by atoms with Gasteiger partial charge in [0.25, 0.3) is 0 Å². The minimum absolute atomic E-state index is 0.134. The van der Waals surface area contributed by atoms with Gasteiger partial charge in [0, 0.05) is 24.2 Å². The van der Waals surface area contributed by atoms with Crippen molar-refractivity contribution in [2.24, 2.45) is 5.73 Å². The average molecular weight is 244 g/mol. The minimum atomic E-state index is -0.134. The molecule has 1 fully saturated rings. The number of hydrogen-bond acceptors (Lipinski definition) is 3. The van der Waals surface area contributed by atoms with Crippen molar-refractivity contribution in [1.29, 1.82) is 0 Å². The standard InChI is InChI=1S/C14H20N4/c1-14(2,15)7-5-13-17-11-9-16-8-6-12(11)18(13)10-3-4-10/h6,8-10H,3-5,7,15H2,1-2H3. The summed E-state index contributed by atoms with van der Waals surface area (Å²) in [4.78, 5) is 8.88. The maximum Gasteiger partial charge on any atom is 0.110 e. The Hall–Kier alpha value is -1.42. The van der Waals surface area contributed by atoms with Crippen molar-refractivity contribution in [3.8, 4) is 0 Å². The highest BCUT2D eigenvalue weighted by Crippen LogP contribution is 2.38. The van der Waals surface area contributed by atoms with Crippen molar-refractivity contribution in [3.63, 3.8) is 0 Å². The number of fused-ring (bicyclic) bond motifs is 1. The van der Waals surface area contributed by atoms with Crippen LogP contribution >= 0.6 is 0 Å². The maximum absolute atomic E-state index is 6.07. The predicted molar refractivity (Wildman–Crippen MR) is 72.4 cm³/mol. The molecule has 4 heteroatoms. The number of pyridine rings is 1. The molecule has 2 aromatic heterocycles. The second-order valence-electron chi connectivity index (χ2n) is 5.98. The Morgan fingerprint density at radius 2 is 2.22 bits per heavy atom. The van der Waals surface area contributed by atoms with E-state index in [9.17, 15) is 0 Å². The summed E-state index contributed by atoms with van der Waals surface area (Å²) < 4.78 is 2.39. The number of imidazole rings is 1. The van der Waals surface area contributed by atoms with Crippen LogP contribution in [0, 0.1) is 0 Å². The molecule has 0 saturated heterocycles. The summed E-state index contributed by atoms with van der Waals surface area (Å²) >= 11 is 0. The van der Waals surface area contributed by atoms with Crippen LogP contribution in [-0.2, 0) is 6.42 Å². The van der Waals surface area contributed by atoms with Crippen LogP contribution in [0.25, 0.3) is 11.0 Å². The summed E-state index contributed by atoms with van der Waals surface area (Å²) in [6.07, 6.45) is 8.13. The van der Waals surface area contributed by atoms with Crippen molar-refractivity contribution in [1.82, 2.24) is 14.5 Å². The molecule has 0 aromatic carbocycles. The van der Waals surface area contributed by atoms with Gasteiger partial charge in [0.1, 0.15) is 11.3 Å². The number of aromatic nitrogens is 3. The lowest BCUT2D eigenvalue weighted by atomic mass is 10.00. The second kappa shape index (κ2) is 4.05. The fourth-order valence-corrected chi connectivity index (χ4v) is 2.35. The van der Waals surface area contributed by atoms with E-state index in [0.717, 1.165) is 18.4 Å². The third-order valence-electron chi connectivity index (χ3n) is 3.47. The fourth-order valence-electron chi connectivity index (χ4n) is 2.35. The van der Waals surface area contributed by atoms with Gasteiger partial charge in [-0.3, -0.25) is 4.98 Å². The van der Waals surface area contributed by atoms with Crippen LogP contribution in [0.1, 0.15) is 45.0 Å². The molecule has 0 amide bonds. The van der Waals surface area contributed by atoms with Gasteiger partial charge in [-0.05, 0) is 39.2 Å². The molecule has 1 saturated carbocycles. The SMILES string of the molecule is CC(C)(N)CCc1nc2cnccc2n1C1CC1. The maximum atomic E-state index is 6.07. The number of nitrogens with zero attached hydrogens (tertiary/aromatic N) is 3. The molecular formula is C14H20N4. The van der Waals surface area contributed by atoms with Gasteiger partial charge in [-0.2, -0.15) is 0 Å². The molecule has 1 aliphatic carbocycles. The van der Waals surface area contributed by atoms with Gasteiger partial charge < -0.3 is 10.3 Å². The summed E-state index contributed by atoms with van der Waals surface area (Å²) in [5.74, 6) is 1.17. The quantitative estimate of drug-likeness (QED) is 0.898. The zero-order chi connectivity index (χ0) is 12.8. The van der Waals surface area contributed by atoms with E-state index in [1.807, 2.05) is 12.4 Å². The van der Waals surface area contributed by atoms with Crippen molar-refractivity contribution in [2.45, 2.75) is 51.1 Å². The summed E-state index contributed by atoms with van der Waals surface area (Å²) in [6, 6.07) is 2.71. The molecule has 3 rings (SSSR count). The lowest BCUT2D eigenvalue weighted by molar-refractivity contribution is 0.465. The fraction of sp³-hybridized carbons (Fsp3) is 0.571. The molecule has 0 bridgehead atoms. The van der Waals surface area contributed by atoms with Crippen LogP contribution in [0.5, 0.6) is 0 Å². The number of hydrogen-bond donors (Lipinski definition) is 1. The topological polar surface area (TPSA) is 56.7 Å². The third kappa shape index (κ3) is 2.25. The van der Waals surface area contributed by atoms with Crippen LogP contribution in [0.15, 0.2) is 18.5 Å². The normalized spacial score (nSPS) is 16.4. The van der Waals surface area contributed by atoms with E-state index < -0.39 is 0 Å². The molecule has 96 valence electrons. The van der Waals surface area contributed by atoms with Gasteiger partial charge in [0.05, 0.1) is 11.7 Å². The molecule has 18 heavy (non-hydrogen) atoms. The molecule has 2 aromatic rings. The van der Waals surface area contributed by atoms with Crippen LogP contribution in [0.3, 0.4) is 0 Å². The lowest BCUT2D eigenvalue weighted by Crippen LogP contribution is -2.32. The van der Waals surface area contributed by atoms with Gasteiger partial charge in [-0.1, -0.05) is 0 Å². The summed E-state index contributed by atoms with van der Waals surface area (Å²) in [5.41, 5.74) is 8.16. The van der Waals surface area contributed by atoms with Crippen molar-refractivity contribution in [2.75, 3.05) is 0 Å². The molecule has 4 nitrogen and oxygen atoms in total. The van der Waals surface area contributed by atoms with E-state index in [0.29, 0.717) is 6.04 Å². The molecule has 0 unspecified atom stereocenters. The largest absolute Gasteiger partial charge is 0.326 e. The summed E-state index contributed by atoms with van der Waals surface area (Å²) in [7, 11) is 0. The molecule has 0 atom stereocenters. The van der Waals surface area contributed by atoms with Crippen LogP contribution < -0.4 is 5.73 Å². The Bertz CT molecular complexity index is 561. The number of nitrogens with two attached hydrogens (primary N) is 1. The first-order chi connectivity index (χ1) is 8.54. The lowest BCUT2D eigenvalue weighted by Gasteiger charge is -2.18. The predicted octanol–water partition coefficient (Wildman–Crippen LogP) is 2.44. The van der Waals surface area contributed by atoms with E-state index >= 15 is 0 Å². The van der Waals surface area contributed by atoms with Crippen LogP contribution in [0.4, 0.5) is 0 Å². The highest BCUT2D eigenvalue weighted by atomic mass is 15.1. The molecule has 2 heterocycles. The molecule has 0 radical (unpaired) electrons. The van der Waals surface area contributed by atoms with Gasteiger partial charge in [0.15, 0.2) is 0 Å². The van der Waals surface area contributed by atoms with Gasteiger partial charge in [0.2, 0.25) is 0 Å². The van der Waals surface area contributed by atoms with Crippen molar-refractivity contribution < 1.29 is 0 Å². The van der Waals surface area contributed by atoms with Gasteiger partial charge >= 0.3 is 0 Å². The Morgan fingerprint density at radius 3 is 2.89 bits per heavy atom. The minimum Gasteiger partial charge on any atom is -0.326 e. The zero-order valence-corrected chi connectivity index (χ0v) is 11.1. The molecular weight excluding hydrogens is 224 g/mol. The first kappa shape index (κ1) is 11.7. The van der Waals surface area contributed by atoms with E-state index in [-0.39, 0.29) is 5.54 Å². The van der Waals surface area contributed by atoms with Crippen LogP contribution in [0.2, 0.25) is 0 Å². The molecule has 0 aliphatic heterocycles. The highest BCUT2D eigenvalue weighted by Gasteiger charge is 2.28. The van der Waals surface area contributed by atoms with Gasteiger partial charge in [-0.25, -0.2) is 4.98 Å². The van der Waals surface area contributed by atoms with Crippen molar-refractivity contribution in [3.05, 3.63) is 24.3 Å². The zero-order valence-electron chi connectivity index (χ0n) is 11.1. The Labute approximate surface area is 107 Å². The smallest absolute Gasteiger partial charge is 0.110 e. The first-order valence-corrected chi connectivity index (χ1v) is 6.64. The highest BCUT2D eigenvalue weighted by molar-refractivity contribution is 5.75. The molecule has 0 spiro atoms. The third-order valence-corrected chi connectivity index (χ3v) is 3.47. The number of aryl methyl sites for hydroxylation is 1. The Balaban J connectivity index is 1.97. The average Bonchev–Trinajstić information content (AvgIpc) is 3.06. The molecule has 2 N–H and O–H groups in total. The Kier molecular flexibility index (Phi) is 2.63. The monoisotopic (exact) mass is 244 g/mol. The van der Waals surface area contributed by atoms with E-state index in [2.05, 4.69) is 29.5 Å². The van der Waals surface area contributed by atoms with Crippen molar-refractivity contribution >= 4 is 11.0 Å². The first-order valence-electron chi connectivity index (χ1n) is 6.64. The second-order valence-corrected chi connectivity index (χ2v) is 5.98. The van der Waals surface area contributed by atoms with E-state index in [1.165, 1.54) is 24.2 Å². The molecule has 1 aliphatic rings. The summed E-state index contributed by atoms with van der Waals surface area (Å²) in [5, 5.41) is 0. The van der Waals surface area contributed by atoms with Crippen LogP contribution in [-0.4, -0.2) is 20.1 Å².